The highest BCUT2D eigenvalue weighted by Crippen LogP contribution is 2.38. The summed E-state index contributed by atoms with van der Waals surface area (Å²) in [5.41, 5.74) is 12.0. The third-order valence-corrected chi connectivity index (χ3v) is 8.61. The number of hydrogen-bond acceptors (Lipinski definition) is 9. The van der Waals surface area contributed by atoms with Gasteiger partial charge in [0.1, 0.15) is 22.9 Å². The molecule has 0 fully saturated rings. The summed E-state index contributed by atoms with van der Waals surface area (Å²) in [6, 6.07) is 18.5. The van der Waals surface area contributed by atoms with Crippen molar-refractivity contribution in [3.63, 3.8) is 0 Å². The predicted molar refractivity (Wildman–Crippen MR) is 173 cm³/mol. The number of imidazole rings is 1. The summed E-state index contributed by atoms with van der Waals surface area (Å²) < 4.78 is 10.8. The number of nitrogens with two attached hydrogens (primary N) is 1. The molecule has 0 bridgehead atoms. The Morgan fingerprint density at radius 2 is 1.89 bits per heavy atom. The lowest BCUT2D eigenvalue weighted by Crippen LogP contribution is -2.28. The molecule has 8 rings (SSSR count). The number of methoxy groups -OCH3 is 1. The van der Waals surface area contributed by atoms with Crippen molar-refractivity contribution in [1.82, 2.24) is 38.9 Å². The van der Waals surface area contributed by atoms with Crippen molar-refractivity contribution < 1.29 is 9.53 Å². The minimum absolute atomic E-state index is 0.194. The number of nitrogens with zero attached hydrogens (tertiary/aromatic N) is 8. The number of nitrogen functional groups attached to an aromatic ring is 1. The quantitative estimate of drug-likeness (QED) is 0.267. The number of rotatable bonds is 6. The van der Waals surface area contributed by atoms with Crippen molar-refractivity contribution >= 4 is 34.2 Å². The molecule has 0 saturated carbocycles. The first-order chi connectivity index (χ1) is 22.4. The van der Waals surface area contributed by atoms with E-state index in [0.29, 0.717) is 68.5 Å². The third kappa shape index (κ3) is 4.18. The lowest BCUT2D eigenvalue weighted by atomic mass is 10.1. The Hall–Kier alpha value is -6.17. The smallest absolute Gasteiger partial charge is 0.261 e. The number of anilines is 1. The van der Waals surface area contributed by atoms with Gasteiger partial charge in [0.2, 0.25) is 0 Å². The van der Waals surface area contributed by atoms with Crippen LogP contribution < -0.4 is 16.0 Å². The fraction of sp³-hybridized carbons (Fsp3) is 0.147. The van der Waals surface area contributed by atoms with Gasteiger partial charge in [0.15, 0.2) is 23.6 Å². The molecular formula is C34H27N9O3. The van der Waals surface area contributed by atoms with Gasteiger partial charge in [-0.1, -0.05) is 6.07 Å². The van der Waals surface area contributed by atoms with Gasteiger partial charge in [-0.25, -0.2) is 24.6 Å². The molecule has 2 aromatic carbocycles. The van der Waals surface area contributed by atoms with Gasteiger partial charge in [0, 0.05) is 30.3 Å². The van der Waals surface area contributed by atoms with Gasteiger partial charge in [-0.05, 0) is 79.4 Å². The van der Waals surface area contributed by atoms with Crippen molar-refractivity contribution in [1.29, 1.82) is 0 Å². The second kappa shape index (κ2) is 10.5. The molecule has 1 aliphatic rings. The summed E-state index contributed by atoms with van der Waals surface area (Å²) in [6.45, 7) is 1.83. The van der Waals surface area contributed by atoms with Crippen LogP contribution in [0.1, 0.15) is 39.8 Å². The van der Waals surface area contributed by atoms with E-state index in [1.54, 1.807) is 33.8 Å². The van der Waals surface area contributed by atoms with Crippen molar-refractivity contribution in [2.24, 2.45) is 0 Å². The summed E-state index contributed by atoms with van der Waals surface area (Å²) in [5, 5.41) is 4.72. The van der Waals surface area contributed by atoms with E-state index in [1.807, 2.05) is 54.1 Å². The molecule has 5 heterocycles. The first-order valence-electron chi connectivity index (χ1n) is 14.7. The fourth-order valence-corrected chi connectivity index (χ4v) is 6.49. The number of fused-ring (bicyclic) bond motifs is 3. The van der Waals surface area contributed by atoms with Gasteiger partial charge < -0.3 is 10.5 Å². The monoisotopic (exact) mass is 609 g/mol. The Balaban J connectivity index is 1.28. The number of aromatic nitrogens is 8. The molecule has 1 atom stereocenters. The van der Waals surface area contributed by atoms with Crippen molar-refractivity contribution in [2.45, 2.75) is 25.8 Å². The van der Waals surface area contributed by atoms with Gasteiger partial charge in [0.05, 0.1) is 35.2 Å². The largest absolute Gasteiger partial charge is 0.496 e. The molecule has 226 valence electrons. The zero-order valence-electron chi connectivity index (χ0n) is 25.0. The molecular weight excluding hydrogens is 582 g/mol. The molecule has 2 N–H and O–H groups in total. The summed E-state index contributed by atoms with van der Waals surface area (Å²) in [6.07, 6.45) is 7.36. The molecule has 0 radical (unpaired) electrons. The molecule has 12 nitrogen and oxygen atoms in total. The number of aldehydes is 1. The van der Waals surface area contributed by atoms with E-state index in [1.165, 1.54) is 7.11 Å². The predicted octanol–water partition coefficient (Wildman–Crippen LogP) is 4.63. The summed E-state index contributed by atoms with van der Waals surface area (Å²) >= 11 is 0. The average Bonchev–Trinajstić information content (AvgIpc) is 3.83. The van der Waals surface area contributed by atoms with Crippen LogP contribution in [0.25, 0.3) is 45.0 Å². The van der Waals surface area contributed by atoms with Crippen molar-refractivity contribution in [3.8, 4) is 28.6 Å². The molecule has 0 spiro atoms. The van der Waals surface area contributed by atoms with Gasteiger partial charge in [0.25, 0.3) is 5.56 Å². The summed E-state index contributed by atoms with van der Waals surface area (Å²) in [4.78, 5) is 44.5. The second-order valence-electron chi connectivity index (χ2n) is 11.2. The Morgan fingerprint density at radius 1 is 1.00 bits per heavy atom. The molecule has 0 saturated heterocycles. The molecule has 46 heavy (non-hydrogen) atoms. The zero-order valence-corrected chi connectivity index (χ0v) is 25.0. The van der Waals surface area contributed by atoms with E-state index in [-0.39, 0.29) is 11.6 Å². The van der Waals surface area contributed by atoms with Gasteiger partial charge in [-0.15, -0.1) is 0 Å². The minimum atomic E-state index is -0.215. The van der Waals surface area contributed by atoms with Crippen LogP contribution in [-0.2, 0) is 6.42 Å². The number of ether oxygens (including phenoxy) is 1. The normalized spacial score (nSPS) is 14.2. The second-order valence-corrected chi connectivity index (χ2v) is 11.2. The van der Waals surface area contributed by atoms with Gasteiger partial charge in [-0.2, -0.15) is 5.10 Å². The van der Waals surface area contributed by atoms with Crippen LogP contribution in [0.2, 0.25) is 0 Å². The topological polar surface area (TPSA) is 149 Å². The maximum atomic E-state index is 13.9. The first-order valence-corrected chi connectivity index (χ1v) is 14.7. The SMILES string of the molecule is COc1cc2nc(C)n(C3CCc4cc(-n5c(-c6cccnc6N)nc6ccc(-n7cccn7)nc65)ccc43)c(=O)c2cc1C=O. The number of carbonyl (C=O) groups excluding carboxylic acids is 1. The number of pyridine rings is 2. The van der Waals surface area contributed by atoms with Gasteiger partial charge >= 0.3 is 0 Å². The molecule has 12 heteroatoms. The van der Waals surface area contributed by atoms with Crippen LogP contribution in [-0.4, -0.2) is 52.2 Å². The number of carbonyl (C=O) groups is 1. The first kappa shape index (κ1) is 27.4. The van der Waals surface area contributed by atoms with E-state index in [9.17, 15) is 9.59 Å². The molecule has 7 aromatic rings. The molecule has 1 aliphatic carbocycles. The third-order valence-electron chi connectivity index (χ3n) is 8.61. The average molecular weight is 610 g/mol. The van der Waals surface area contributed by atoms with E-state index >= 15 is 0 Å². The highest BCUT2D eigenvalue weighted by molar-refractivity contribution is 5.90. The van der Waals surface area contributed by atoms with Crippen LogP contribution >= 0.6 is 0 Å². The maximum absolute atomic E-state index is 13.9. The van der Waals surface area contributed by atoms with Crippen LogP contribution in [0, 0.1) is 6.92 Å². The Bertz CT molecular complexity index is 2390. The van der Waals surface area contributed by atoms with Crippen LogP contribution in [0.4, 0.5) is 5.82 Å². The van der Waals surface area contributed by atoms with E-state index in [4.69, 9.17) is 25.4 Å². The standard InChI is InChI=1S/C34H27N9O3/c1-19-38-27-17-29(46-2)21(18-44)16-25(27)34(45)42(19)28-10-6-20-15-22(7-8-23(20)28)43-32(24-5-3-12-36-31(24)35)39-26-9-11-30(40-33(26)43)41-14-4-13-37-41/h3-5,7-9,11-18,28H,6,10H2,1-2H3,(H2,35,36). The van der Waals surface area contributed by atoms with E-state index in [2.05, 4.69) is 22.2 Å². The summed E-state index contributed by atoms with van der Waals surface area (Å²) in [5.74, 6) is 2.61. The Labute approximate surface area is 261 Å². The number of benzene rings is 2. The maximum Gasteiger partial charge on any atom is 0.261 e. The zero-order chi connectivity index (χ0) is 31.5. The van der Waals surface area contributed by atoms with Crippen LogP contribution in [0.3, 0.4) is 0 Å². The number of aryl methyl sites for hydroxylation is 2. The molecule has 1 unspecified atom stereocenters. The lowest BCUT2D eigenvalue weighted by Gasteiger charge is -2.19. The highest BCUT2D eigenvalue weighted by Gasteiger charge is 2.29. The van der Waals surface area contributed by atoms with Crippen LogP contribution in [0.15, 0.2) is 84.0 Å². The molecule has 5 aromatic heterocycles. The van der Waals surface area contributed by atoms with E-state index < -0.39 is 0 Å². The fourth-order valence-electron chi connectivity index (χ4n) is 6.49. The summed E-state index contributed by atoms with van der Waals surface area (Å²) in [7, 11) is 1.49. The molecule has 0 amide bonds. The Morgan fingerprint density at radius 3 is 2.67 bits per heavy atom. The van der Waals surface area contributed by atoms with Crippen molar-refractivity contribution in [3.05, 3.63) is 112 Å². The van der Waals surface area contributed by atoms with E-state index in [0.717, 1.165) is 29.7 Å². The highest BCUT2D eigenvalue weighted by atomic mass is 16.5. The van der Waals surface area contributed by atoms with Crippen molar-refractivity contribution in [2.75, 3.05) is 12.8 Å². The number of hydrogen-bond donors (Lipinski definition) is 1. The Kier molecular flexibility index (Phi) is 6.24. The minimum Gasteiger partial charge on any atom is -0.496 e. The van der Waals surface area contributed by atoms with Gasteiger partial charge in [-0.3, -0.25) is 18.7 Å². The van der Waals surface area contributed by atoms with Crippen LogP contribution in [0.5, 0.6) is 5.75 Å². The molecule has 0 aliphatic heterocycles. The lowest BCUT2D eigenvalue weighted by molar-refractivity contribution is 0.112.